The second-order valence-electron chi connectivity index (χ2n) is 5.61. The summed E-state index contributed by atoms with van der Waals surface area (Å²) in [5.74, 6) is 0. The van der Waals surface area contributed by atoms with Gasteiger partial charge in [0.2, 0.25) is 0 Å². The average Bonchev–Trinajstić information content (AvgIpc) is 2.39. The molecule has 0 bridgehead atoms. The average molecular weight is 231 g/mol. The Hall–Kier alpha value is -0.820. The Bertz CT molecular complexity index is 358. The summed E-state index contributed by atoms with van der Waals surface area (Å²) in [7, 11) is 0. The Labute approximate surface area is 105 Å². The number of hydrogen-bond acceptors (Lipinski definition) is 1. The molecule has 0 radical (unpaired) electrons. The minimum absolute atomic E-state index is 0.392. The summed E-state index contributed by atoms with van der Waals surface area (Å²) in [6.45, 7) is 3.12. The monoisotopic (exact) mass is 231 g/mol. The van der Waals surface area contributed by atoms with E-state index in [-0.39, 0.29) is 0 Å². The van der Waals surface area contributed by atoms with Crippen LogP contribution in [0.5, 0.6) is 0 Å². The molecule has 0 saturated carbocycles. The van der Waals surface area contributed by atoms with Gasteiger partial charge >= 0.3 is 0 Å². The van der Waals surface area contributed by atoms with Crippen LogP contribution >= 0.6 is 0 Å². The SMILES string of the molecule is CCCCCC1(CN)CCc2ccccc2C1. The van der Waals surface area contributed by atoms with Gasteiger partial charge in [-0.15, -0.1) is 0 Å². The van der Waals surface area contributed by atoms with E-state index in [0.29, 0.717) is 5.41 Å². The Morgan fingerprint density at radius 1 is 1.18 bits per heavy atom. The highest BCUT2D eigenvalue weighted by atomic mass is 14.6. The molecular formula is C16H25N. The third-order valence-electron chi connectivity index (χ3n) is 4.35. The van der Waals surface area contributed by atoms with E-state index in [1.165, 1.54) is 44.9 Å². The van der Waals surface area contributed by atoms with Crippen molar-refractivity contribution in [3.05, 3.63) is 35.4 Å². The molecule has 0 aliphatic heterocycles. The highest BCUT2D eigenvalue weighted by molar-refractivity contribution is 5.31. The number of aryl methyl sites for hydroxylation is 1. The van der Waals surface area contributed by atoms with Gasteiger partial charge in [-0.25, -0.2) is 0 Å². The van der Waals surface area contributed by atoms with Crippen molar-refractivity contribution >= 4 is 0 Å². The molecule has 2 N–H and O–H groups in total. The molecule has 94 valence electrons. The van der Waals surface area contributed by atoms with E-state index >= 15 is 0 Å². The lowest BCUT2D eigenvalue weighted by Gasteiger charge is -2.37. The number of unbranched alkanes of at least 4 members (excludes halogenated alkanes) is 2. The fourth-order valence-electron chi connectivity index (χ4n) is 3.11. The molecule has 17 heavy (non-hydrogen) atoms. The van der Waals surface area contributed by atoms with Crippen molar-refractivity contribution in [3.8, 4) is 0 Å². The molecule has 2 rings (SSSR count). The van der Waals surface area contributed by atoms with E-state index in [1.54, 1.807) is 11.1 Å². The highest BCUT2D eigenvalue weighted by Crippen LogP contribution is 2.38. The van der Waals surface area contributed by atoms with Gasteiger partial charge in [0.1, 0.15) is 0 Å². The van der Waals surface area contributed by atoms with Crippen LogP contribution in [0.15, 0.2) is 24.3 Å². The molecule has 1 aliphatic carbocycles. The van der Waals surface area contributed by atoms with Crippen molar-refractivity contribution in [1.29, 1.82) is 0 Å². The summed E-state index contributed by atoms with van der Waals surface area (Å²) < 4.78 is 0. The van der Waals surface area contributed by atoms with Gasteiger partial charge in [-0.1, -0.05) is 50.5 Å². The van der Waals surface area contributed by atoms with E-state index in [1.807, 2.05) is 0 Å². The molecule has 1 nitrogen and oxygen atoms in total. The molecule has 0 spiro atoms. The lowest BCUT2D eigenvalue weighted by Crippen LogP contribution is -2.36. The topological polar surface area (TPSA) is 26.0 Å². The van der Waals surface area contributed by atoms with E-state index in [9.17, 15) is 0 Å². The molecular weight excluding hydrogens is 206 g/mol. The van der Waals surface area contributed by atoms with Gasteiger partial charge in [0, 0.05) is 0 Å². The van der Waals surface area contributed by atoms with Crippen LogP contribution in [0, 0.1) is 5.41 Å². The van der Waals surface area contributed by atoms with Crippen molar-refractivity contribution in [2.45, 2.75) is 51.9 Å². The Morgan fingerprint density at radius 2 is 1.94 bits per heavy atom. The molecule has 1 unspecified atom stereocenters. The zero-order valence-corrected chi connectivity index (χ0v) is 11.0. The summed E-state index contributed by atoms with van der Waals surface area (Å²) in [6.07, 6.45) is 9.01. The summed E-state index contributed by atoms with van der Waals surface area (Å²) in [6, 6.07) is 8.89. The molecule has 0 saturated heterocycles. The number of hydrogen-bond donors (Lipinski definition) is 1. The molecule has 1 aromatic rings. The maximum Gasteiger partial charge on any atom is -0.00172 e. The second kappa shape index (κ2) is 5.68. The first-order chi connectivity index (χ1) is 8.29. The summed E-state index contributed by atoms with van der Waals surface area (Å²) in [5.41, 5.74) is 9.56. The predicted octanol–water partition coefficient (Wildman–Crippen LogP) is 3.70. The fraction of sp³-hybridized carbons (Fsp3) is 0.625. The van der Waals surface area contributed by atoms with Crippen molar-refractivity contribution in [2.24, 2.45) is 11.1 Å². The summed E-state index contributed by atoms with van der Waals surface area (Å²) >= 11 is 0. The molecule has 0 amide bonds. The van der Waals surface area contributed by atoms with E-state index in [4.69, 9.17) is 5.73 Å². The number of nitrogens with two attached hydrogens (primary N) is 1. The lowest BCUT2D eigenvalue weighted by atomic mass is 9.69. The first-order valence-electron chi connectivity index (χ1n) is 7.06. The fourth-order valence-corrected chi connectivity index (χ4v) is 3.11. The third-order valence-corrected chi connectivity index (χ3v) is 4.35. The van der Waals surface area contributed by atoms with Gasteiger partial charge in [-0.3, -0.25) is 0 Å². The van der Waals surface area contributed by atoms with Crippen molar-refractivity contribution in [3.63, 3.8) is 0 Å². The quantitative estimate of drug-likeness (QED) is 0.768. The lowest BCUT2D eigenvalue weighted by molar-refractivity contribution is 0.226. The summed E-state index contributed by atoms with van der Waals surface area (Å²) in [4.78, 5) is 0. The van der Waals surface area contributed by atoms with Crippen molar-refractivity contribution in [2.75, 3.05) is 6.54 Å². The van der Waals surface area contributed by atoms with Crippen LogP contribution in [0.1, 0.15) is 50.2 Å². The van der Waals surface area contributed by atoms with Crippen LogP contribution in [0.2, 0.25) is 0 Å². The minimum atomic E-state index is 0.392. The molecule has 0 fully saturated rings. The maximum atomic E-state index is 6.08. The first kappa shape index (κ1) is 12.6. The largest absolute Gasteiger partial charge is 0.330 e. The van der Waals surface area contributed by atoms with E-state index in [0.717, 1.165) is 6.54 Å². The van der Waals surface area contributed by atoms with Gasteiger partial charge in [0.15, 0.2) is 0 Å². The Balaban J connectivity index is 2.06. The van der Waals surface area contributed by atoms with Crippen LogP contribution in [-0.4, -0.2) is 6.54 Å². The smallest absolute Gasteiger partial charge is 0.00172 e. The predicted molar refractivity (Wildman–Crippen MR) is 74.1 cm³/mol. The van der Waals surface area contributed by atoms with E-state index in [2.05, 4.69) is 31.2 Å². The first-order valence-corrected chi connectivity index (χ1v) is 7.06. The second-order valence-corrected chi connectivity index (χ2v) is 5.61. The van der Waals surface area contributed by atoms with Gasteiger partial charge in [0.25, 0.3) is 0 Å². The summed E-state index contributed by atoms with van der Waals surface area (Å²) in [5, 5.41) is 0. The molecule has 1 heteroatoms. The van der Waals surface area contributed by atoms with Crippen LogP contribution in [0.3, 0.4) is 0 Å². The van der Waals surface area contributed by atoms with Crippen LogP contribution in [0.25, 0.3) is 0 Å². The number of rotatable bonds is 5. The Morgan fingerprint density at radius 3 is 2.65 bits per heavy atom. The zero-order chi connectivity index (χ0) is 12.1. The van der Waals surface area contributed by atoms with Gasteiger partial charge in [0.05, 0.1) is 0 Å². The molecule has 0 aromatic heterocycles. The van der Waals surface area contributed by atoms with Crippen molar-refractivity contribution < 1.29 is 0 Å². The molecule has 1 atom stereocenters. The highest BCUT2D eigenvalue weighted by Gasteiger charge is 2.32. The molecule has 1 aromatic carbocycles. The maximum absolute atomic E-state index is 6.08. The Kier molecular flexibility index (Phi) is 4.22. The van der Waals surface area contributed by atoms with Gasteiger partial charge in [-0.2, -0.15) is 0 Å². The van der Waals surface area contributed by atoms with Gasteiger partial charge < -0.3 is 5.73 Å². The van der Waals surface area contributed by atoms with E-state index < -0.39 is 0 Å². The zero-order valence-electron chi connectivity index (χ0n) is 11.0. The van der Waals surface area contributed by atoms with Crippen LogP contribution in [-0.2, 0) is 12.8 Å². The molecule has 0 heterocycles. The molecule has 1 aliphatic rings. The number of benzene rings is 1. The normalized spacial score (nSPS) is 23.4. The van der Waals surface area contributed by atoms with Crippen LogP contribution in [0.4, 0.5) is 0 Å². The third kappa shape index (κ3) is 2.90. The number of fused-ring (bicyclic) bond motifs is 1. The van der Waals surface area contributed by atoms with Crippen molar-refractivity contribution in [1.82, 2.24) is 0 Å². The van der Waals surface area contributed by atoms with Gasteiger partial charge in [-0.05, 0) is 48.8 Å². The minimum Gasteiger partial charge on any atom is -0.330 e. The standard InChI is InChI=1S/C16H25N/c1-2-3-6-10-16(13-17)11-9-14-7-4-5-8-15(14)12-16/h4-5,7-8H,2-3,6,9-13,17H2,1H3. The van der Waals surface area contributed by atoms with Crippen LogP contribution < -0.4 is 5.73 Å².